The van der Waals surface area contributed by atoms with Gasteiger partial charge in [0.05, 0.1) is 17.0 Å². The molecule has 9 heteroatoms. The van der Waals surface area contributed by atoms with E-state index in [-0.39, 0.29) is 16.3 Å². The summed E-state index contributed by atoms with van der Waals surface area (Å²) in [6.07, 6.45) is 0. The number of hydrogen-bond donors (Lipinski definition) is 2. The van der Waals surface area contributed by atoms with E-state index in [1.807, 2.05) is 4.89 Å². The van der Waals surface area contributed by atoms with Crippen LogP contribution in [0.25, 0.3) is 0 Å². The molecular weight excluding hydrogens is 286 g/mol. The van der Waals surface area contributed by atoms with Crippen LogP contribution in [0.1, 0.15) is 32.2 Å². The van der Waals surface area contributed by atoms with Gasteiger partial charge in [0.2, 0.25) is 0 Å². The molecule has 0 saturated heterocycles. The van der Waals surface area contributed by atoms with Gasteiger partial charge in [-0.1, -0.05) is 4.89 Å². The largest absolute Gasteiger partial charge is 0.480 e. The molecule has 0 spiro atoms. The van der Waals surface area contributed by atoms with Gasteiger partial charge in [-0.05, 0) is 34.6 Å². The second-order valence-corrected chi connectivity index (χ2v) is 6.93. The van der Waals surface area contributed by atoms with Crippen molar-refractivity contribution in [1.82, 2.24) is 14.7 Å². The number of sulfonamides is 1. The van der Waals surface area contributed by atoms with Gasteiger partial charge in [0.25, 0.3) is 10.0 Å². The van der Waals surface area contributed by atoms with Crippen molar-refractivity contribution in [2.75, 3.05) is 0 Å². The van der Waals surface area contributed by atoms with E-state index in [9.17, 15) is 13.2 Å². The highest BCUT2D eigenvalue weighted by Crippen LogP contribution is 2.20. The maximum absolute atomic E-state index is 12.2. The van der Waals surface area contributed by atoms with E-state index < -0.39 is 28.1 Å². The summed E-state index contributed by atoms with van der Waals surface area (Å²) in [5.74, 6) is -1.10. The van der Waals surface area contributed by atoms with E-state index >= 15 is 0 Å². The summed E-state index contributed by atoms with van der Waals surface area (Å²) in [6.45, 7) is 7.68. The monoisotopic (exact) mass is 305 g/mol. The van der Waals surface area contributed by atoms with Crippen LogP contribution in [0.2, 0.25) is 0 Å². The maximum atomic E-state index is 12.2. The summed E-state index contributed by atoms with van der Waals surface area (Å²) >= 11 is 0. The van der Waals surface area contributed by atoms with Crippen molar-refractivity contribution >= 4 is 16.0 Å². The zero-order valence-electron chi connectivity index (χ0n) is 12.1. The van der Waals surface area contributed by atoms with Crippen LogP contribution in [0.4, 0.5) is 0 Å². The third kappa shape index (κ3) is 4.02. The molecular formula is C11H19N3O5S. The SMILES string of the molecule is Cc1nn(CC(=O)O)c(C)c1S(=O)(=O)NOC(C)(C)C. The van der Waals surface area contributed by atoms with Crippen molar-refractivity contribution < 1.29 is 23.2 Å². The lowest BCUT2D eigenvalue weighted by molar-refractivity contribution is -0.137. The quantitative estimate of drug-likeness (QED) is 0.770. The fourth-order valence-corrected chi connectivity index (χ4v) is 2.94. The molecule has 0 atom stereocenters. The molecule has 0 aliphatic carbocycles. The van der Waals surface area contributed by atoms with E-state index in [1.165, 1.54) is 13.8 Å². The molecule has 0 unspecified atom stereocenters. The van der Waals surface area contributed by atoms with Crippen molar-refractivity contribution in [2.45, 2.75) is 51.7 Å². The summed E-state index contributed by atoms with van der Waals surface area (Å²) in [4.78, 5) is 17.7. The second kappa shape index (κ2) is 5.51. The highest BCUT2D eigenvalue weighted by molar-refractivity contribution is 7.89. The topological polar surface area (TPSA) is 111 Å². The van der Waals surface area contributed by atoms with Crippen molar-refractivity contribution in [3.05, 3.63) is 11.4 Å². The Labute approximate surface area is 117 Å². The number of nitrogens with one attached hydrogen (secondary N) is 1. The predicted octanol–water partition coefficient (Wildman–Crippen LogP) is 0.593. The number of nitrogens with zero attached hydrogens (tertiary/aromatic N) is 2. The molecule has 0 radical (unpaired) electrons. The minimum atomic E-state index is -3.92. The average molecular weight is 305 g/mol. The van der Waals surface area contributed by atoms with Crippen LogP contribution in [-0.2, 0) is 26.2 Å². The molecule has 0 aromatic carbocycles. The van der Waals surface area contributed by atoms with Crippen LogP contribution in [0.5, 0.6) is 0 Å². The molecule has 0 aliphatic rings. The van der Waals surface area contributed by atoms with Gasteiger partial charge in [-0.25, -0.2) is 8.42 Å². The summed E-state index contributed by atoms with van der Waals surface area (Å²) in [6, 6.07) is 0. The number of rotatable bonds is 5. The van der Waals surface area contributed by atoms with Crippen LogP contribution in [0.3, 0.4) is 0 Å². The van der Waals surface area contributed by atoms with Crippen molar-refractivity contribution in [3.8, 4) is 0 Å². The molecule has 2 N–H and O–H groups in total. The van der Waals surface area contributed by atoms with Crippen molar-refractivity contribution in [1.29, 1.82) is 0 Å². The Morgan fingerprint density at radius 3 is 2.40 bits per heavy atom. The number of carbonyl (C=O) groups is 1. The van der Waals surface area contributed by atoms with E-state index in [1.54, 1.807) is 20.8 Å². The lowest BCUT2D eigenvalue weighted by Crippen LogP contribution is -2.34. The third-order valence-corrected chi connectivity index (χ3v) is 3.76. The van der Waals surface area contributed by atoms with E-state index in [0.29, 0.717) is 0 Å². The van der Waals surface area contributed by atoms with E-state index in [2.05, 4.69) is 5.10 Å². The minimum Gasteiger partial charge on any atom is -0.480 e. The number of aromatic nitrogens is 2. The van der Waals surface area contributed by atoms with Gasteiger partial charge in [0.15, 0.2) is 0 Å². The Kier molecular flexibility index (Phi) is 4.57. The number of aryl methyl sites for hydroxylation is 1. The molecule has 0 amide bonds. The summed E-state index contributed by atoms with van der Waals surface area (Å²) in [7, 11) is -3.92. The van der Waals surface area contributed by atoms with Crippen molar-refractivity contribution in [3.63, 3.8) is 0 Å². The second-order valence-electron chi connectivity index (χ2n) is 5.35. The highest BCUT2D eigenvalue weighted by atomic mass is 32.2. The Morgan fingerprint density at radius 1 is 1.40 bits per heavy atom. The van der Waals surface area contributed by atoms with Crippen LogP contribution >= 0.6 is 0 Å². The number of hydrogen-bond acceptors (Lipinski definition) is 5. The van der Waals surface area contributed by atoms with E-state index in [0.717, 1.165) is 4.68 Å². The molecule has 1 rings (SSSR count). The zero-order valence-corrected chi connectivity index (χ0v) is 12.9. The van der Waals surface area contributed by atoms with Gasteiger partial charge >= 0.3 is 5.97 Å². The first-order chi connectivity index (χ1) is 8.94. The fourth-order valence-electron chi connectivity index (χ4n) is 1.57. The number of carboxylic acids is 1. The maximum Gasteiger partial charge on any atom is 0.325 e. The lowest BCUT2D eigenvalue weighted by atomic mass is 10.2. The minimum absolute atomic E-state index is 0.0667. The van der Waals surface area contributed by atoms with Gasteiger partial charge < -0.3 is 5.11 Å². The van der Waals surface area contributed by atoms with E-state index in [4.69, 9.17) is 9.94 Å². The van der Waals surface area contributed by atoms with Gasteiger partial charge in [-0.15, -0.1) is 0 Å². The molecule has 1 heterocycles. The molecule has 114 valence electrons. The molecule has 0 saturated carbocycles. The van der Waals surface area contributed by atoms with Crippen molar-refractivity contribution in [2.24, 2.45) is 0 Å². The Hall–Kier alpha value is -1.45. The van der Waals surface area contributed by atoms with Gasteiger partial charge in [0.1, 0.15) is 11.4 Å². The first kappa shape index (κ1) is 16.6. The lowest BCUT2D eigenvalue weighted by Gasteiger charge is -2.19. The van der Waals surface area contributed by atoms with Gasteiger partial charge in [0, 0.05) is 0 Å². The predicted molar refractivity (Wildman–Crippen MR) is 70.5 cm³/mol. The normalized spacial score (nSPS) is 12.7. The third-order valence-electron chi connectivity index (χ3n) is 2.33. The molecule has 0 bridgehead atoms. The Morgan fingerprint density at radius 2 is 1.95 bits per heavy atom. The van der Waals surface area contributed by atoms with Crippen LogP contribution < -0.4 is 4.89 Å². The Balaban J connectivity index is 3.13. The fraction of sp³-hybridized carbons (Fsp3) is 0.636. The molecule has 1 aromatic rings. The highest BCUT2D eigenvalue weighted by Gasteiger charge is 2.27. The van der Waals surface area contributed by atoms with Gasteiger partial charge in [-0.2, -0.15) is 5.10 Å². The molecule has 1 aromatic heterocycles. The van der Waals surface area contributed by atoms with Crippen LogP contribution in [0, 0.1) is 13.8 Å². The summed E-state index contributed by atoms with van der Waals surface area (Å²) < 4.78 is 25.5. The van der Waals surface area contributed by atoms with Crippen LogP contribution in [0.15, 0.2) is 4.90 Å². The molecule has 0 fully saturated rings. The number of aliphatic carboxylic acids is 1. The van der Waals surface area contributed by atoms with Gasteiger partial charge in [-0.3, -0.25) is 14.3 Å². The smallest absolute Gasteiger partial charge is 0.325 e. The zero-order chi connectivity index (χ0) is 15.7. The molecule has 0 aliphatic heterocycles. The average Bonchev–Trinajstić information content (AvgIpc) is 2.50. The molecule has 20 heavy (non-hydrogen) atoms. The summed E-state index contributed by atoms with van der Waals surface area (Å²) in [5, 5.41) is 12.7. The number of carboxylic acid groups (broad SMARTS) is 1. The van der Waals surface area contributed by atoms with Crippen LogP contribution in [-0.4, -0.2) is 34.9 Å². The molecule has 8 nitrogen and oxygen atoms in total. The first-order valence-corrected chi connectivity index (χ1v) is 7.38. The first-order valence-electron chi connectivity index (χ1n) is 5.89. The standard InChI is InChI=1S/C11H19N3O5S/c1-7-10(8(2)14(12-7)6-9(15)16)20(17,18)13-19-11(3,4)5/h13H,6H2,1-5H3,(H,15,16). The summed E-state index contributed by atoms with van der Waals surface area (Å²) in [5.41, 5.74) is -0.227. The Bertz CT molecular complexity index is 613.